The monoisotopic (exact) mass is 457 g/mol. The molecule has 4 heterocycles. The number of aromatic nitrogens is 4. The van der Waals surface area contributed by atoms with Crippen LogP contribution in [0.2, 0.25) is 0 Å². The molecule has 32 heavy (non-hydrogen) atoms. The first-order valence-corrected chi connectivity index (χ1v) is 10.8. The van der Waals surface area contributed by atoms with Crippen molar-refractivity contribution in [3.8, 4) is 0 Å². The highest BCUT2D eigenvalue weighted by atomic mass is 32.1. The second-order valence-corrected chi connectivity index (χ2v) is 7.95. The number of carbonyl (C=O) groups is 1. The van der Waals surface area contributed by atoms with Gasteiger partial charge in [-0.05, 0) is 30.7 Å². The number of aromatic amines is 1. The number of piperazine rings is 1. The van der Waals surface area contributed by atoms with Gasteiger partial charge < -0.3 is 15.2 Å². The normalized spacial score (nSPS) is 14.7. The molecule has 168 valence electrons. The van der Waals surface area contributed by atoms with E-state index in [2.05, 4.69) is 25.2 Å². The van der Waals surface area contributed by atoms with Crippen LogP contribution in [0.4, 0.5) is 10.1 Å². The highest BCUT2D eigenvalue weighted by molar-refractivity contribution is 7.71. The molecule has 1 aliphatic rings. The quantitative estimate of drug-likeness (QED) is 0.444. The molecule has 0 aliphatic carbocycles. The summed E-state index contributed by atoms with van der Waals surface area (Å²) in [5.41, 5.74) is 2.41. The van der Waals surface area contributed by atoms with E-state index in [4.69, 9.17) is 12.2 Å². The van der Waals surface area contributed by atoms with Crippen LogP contribution in [0, 0.1) is 10.6 Å². The molecule has 1 aliphatic heterocycles. The largest absolute Gasteiger partial charge is 0.365 e. The maximum absolute atomic E-state index is 14.4. The Hall–Kier alpha value is -3.18. The van der Waals surface area contributed by atoms with Crippen molar-refractivity contribution in [3.05, 3.63) is 56.7 Å². The predicted molar refractivity (Wildman–Crippen MR) is 122 cm³/mol. The summed E-state index contributed by atoms with van der Waals surface area (Å²) in [7, 11) is 1.48. The molecule has 0 atom stereocenters. The molecule has 11 heteroatoms. The minimum atomic E-state index is -0.647. The number of nitrogens with one attached hydrogen (secondary N) is 2. The van der Waals surface area contributed by atoms with Crippen LogP contribution in [0.5, 0.6) is 0 Å². The summed E-state index contributed by atoms with van der Waals surface area (Å²) in [5.74, 6) is -1.07. The van der Waals surface area contributed by atoms with E-state index in [1.165, 1.54) is 17.7 Å². The molecular formula is C21H24FN7O2S. The van der Waals surface area contributed by atoms with Crippen molar-refractivity contribution in [2.24, 2.45) is 0 Å². The van der Waals surface area contributed by atoms with Crippen molar-refractivity contribution in [1.29, 1.82) is 0 Å². The van der Waals surface area contributed by atoms with E-state index in [-0.39, 0.29) is 11.4 Å². The standard InChI is InChI=1S/C21H24FN7O2S/c1-3-29-20(32)17-15(26-21(29)31)10-13(11-24-17)12-27-6-8-28(9-7-27)16-5-4-14(19(30)23-2)25-18(16)22/h4-5,10-11H,3,6-9,12H2,1-2H3,(H,23,30)(H,26,31). The molecule has 0 saturated carbocycles. The number of H-pyrrole nitrogens is 1. The van der Waals surface area contributed by atoms with Gasteiger partial charge in [-0.1, -0.05) is 12.2 Å². The van der Waals surface area contributed by atoms with Gasteiger partial charge in [0.15, 0.2) is 0 Å². The minimum Gasteiger partial charge on any atom is -0.365 e. The fourth-order valence-electron chi connectivity index (χ4n) is 3.87. The Labute approximate surface area is 188 Å². The van der Waals surface area contributed by atoms with Crippen molar-refractivity contribution >= 4 is 34.8 Å². The van der Waals surface area contributed by atoms with Crippen LogP contribution in [0.3, 0.4) is 0 Å². The maximum Gasteiger partial charge on any atom is 0.327 e. The smallest absolute Gasteiger partial charge is 0.327 e. The van der Waals surface area contributed by atoms with Crippen LogP contribution in [0.1, 0.15) is 23.0 Å². The Morgan fingerprint density at radius 2 is 2.03 bits per heavy atom. The van der Waals surface area contributed by atoms with E-state index in [9.17, 15) is 14.0 Å². The molecule has 1 amide bonds. The Morgan fingerprint density at radius 3 is 2.69 bits per heavy atom. The Balaban J connectivity index is 1.44. The molecule has 0 spiro atoms. The second kappa shape index (κ2) is 9.13. The topological polar surface area (TPSA) is 99.2 Å². The summed E-state index contributed by atoms with van der Waals surface area (Å²) >= 11 is 5.39. The van der Waals surface area contributed by atoms with Crippen LogP contribution in [0.25, 0.3) is 11.0 Å². The first-order valence-electron chi connectivity index (χ1n) is 10.4. The van der Waals surface area contributed by atoms with Gasteiger partial charge in [0.25, 0.3) is 5.91 Å². The van der Waals surface area contributed by atoms with Crippen LogP contribution in [-0.2, 0) is 13.1 Å². The average Bonchev–Trinajstić information content (AvgIpc) is 2.79. The SMILES string of the molecule is CCn1c(=O)[nH]c2cc(CN3CCN(c4ccc(C(=O)NC)nc4F)CC3)cnc2c1=S. The van der Waals surface area contributed by atoms with E-state index in [1.807, 2.05) is 17.9 Å². The number of fused-ring (bicyclic) bond motifs is 1. The van der Waals surface area contributed by atoms with E-state index in [1.54, 1.807) is 12.3 Å². The Bertz CT molecular complexity index is 1280. The molecule has 1 saturated heterocycles. The van der Waals surface area contributed by atoms with Crippen molar-refractivity contribution < 1.29 is 9.18 Å². The van der Waals surface area contributed by atoms with Crippen LogP contribution in [-0.4, -0.2) is 63.6 Å². The lowest BCUT2D eigenvalue weighted by Gasteiger charge is -2.36. The zero-order valence-corrected chi connectivity index (χ0v) is 18.7. The molecule has 0 aromatic carbocycles. The van der Waals surface area contributed by atoms with Gasteiger partial charge in [-0.2, -0.15) is 4.39 Å². The fourth-order valence-corrected chi connectivity index (χ4v) is 4.25. The van der Waals surface area contributed by atoms with E-state index < -0.39 is 11.9 Å². The fraction of sp³-hybridized carbons (Fsp3) is 0.381. The van der Waals surface area contributed by atoms with Crippen LogP contribution < -0.4 is 15.9 Å². The molecule has 4 rings (SSSR count). The molecule has 3 aromatic heterocycles. The number of hydrogen-bond donors (Lipinski definition) is 2. The van der Waals surface area contributed by atoms with E-state index in [0.29, 0.717) is 47.5 Å². The molecule has 0 unspecified atom stereocenters. The highest BCUT2D eigenvalue weighted by Gasteiger charge is 2.21. The van der Waals surface area contributed by atoms with Gasteiger partial charge in [-0.25, -0.2) is 9.78 Å². The maximum atomic E-state index is 14.4. The number of amides is 1. The zero-order valence-electron chi connectivity index (χ0n) is 17.9. The number of carbonyl (C=O) groups excluding carboxylic acids is 1. The number of halogens is 1. The van der Waals surface area contributed by atoms with Crippen molar-refractivity contribution in [2.45, 2.75) is 20.0 Å². The summed E-state index contributed by atoms with van der Waals surface area (Å²) in [6.07, 6.45) is 1.78. The highest BCUT2D eigenvalue weighted by Crippen LogP contribution is 2.21. The third-order valence-corrected chi connectivity index (χ3v) is 6.02. The first-order chi connectivity index (χ1) is 15.4. The van der Waals surface area contributed by atoms with Gasteiger partial charge in [0.1, 0.15) is 15.9 Å². The number of hydrogen-bond acceptors (Lipinski definition) is 7. The van der Waals surface area contributed by atoms with Crippen LogP contribution in [0.15, 0.2) is 29.2 Å². The van der Waals surface area contributed by atoms with Gasteiger partial charge in [0.05, 0.1) is 11.2 Å². The van der Waals surface area contributed by atoms with E-state index in [0.717, 1.165) is 18.7 Å². The predicted octanol–water partition coefficient (Wildman–Crippen LogP) is 1.69. The molecular weight excluding hydrogens is 433 g/mol. The minimum absolute atomic E-state index is 0.0564. The Kier molecular flexibility index (Phi) is 6.28. The molecule has 3 aromatic rings. The average molecular weight is 458 g/mol. The summed E-state index contributed by atoms with van der Waals surface area (Å²) in [6.45, 7) is 5.71. The lowest BCUT2D eigenvalue weighted by atomic mass is 10.2. The summed E-state index contributed by atoms with van der Waals surface area (Å²) in [4.78, 5) is 39.1. The summed E-state index contributed by atoms with van der Waals surface area (Å²) in [6, 6.07) is 5.04. The molecule has 0 bridgehead atoms. The second-order valence-electron chi connectivity index (χ2n) is 7.57. The summed E-state index contributed by atoms with van der Waals surface area (Å²) < 4.78 is 16.4. The van der Waals surface area contributed by atoms with Crippen LogP contribution >= 0.6 is 12.2 Å². The third-order valence-electron chi connectivity index (χ3n) is 5.60. The summed E-state index contributed by atoms with van der Waals surface area (Å²) in [5, 5.41) is 2.44. The van der Waals surface area contributed by atoms with Gasteiger partial charge >= 0.3 is 5.69 Å². The van der Waals surface area contributed by atoms with Crippen molar-refractivity contribution in [3.63, 3.8) is 0 Å². The number of anilines is 1. The van der Waals surface area contributed by atoms with Gasteiger partial charge in [0.2, 0.25) is 5.95 Å². The van der Waals surface area contributed by atoms with Crippen molar-refractivity contribution in [1.82, 2.24) is 29.7 Å². The number of nitrogens with zero attached hydrogens (tertiary/aromatic N) is 5. The van der Waals surface area contributed by atoms with Gasteiger partial charge in [-0.3, -0.25) is 19.2 Å². The Morgan fingerprint density at radius 1 is 1.28 bits per heavy atom. The van der Waals surface area contributed by atoms with Crippen molar-refractivity contribution in [2.75, 3.05) is 38.1 Å². The lowest BCUT2D eigenvalue weighted by Crippen LogP contribution is -2.46. The zero-order chi connectivity index (χ0) is 22.8. The first kappa shape index (κ1) is 22.0. The third kappa shape index (κ3) is 4.26. The number of rotatable bonds is 5. The van der Waals surface area contributed by atoms with Gasteiger partial charge in [0, 0.05) is 52.5 Å². The molecule has 2 N–H and O–H groups in total. The molecule has 9 nitrogen and oxygen atoms in total. The van der Waals surface area contributed by atoms with Gasteiger partial charge in [-0.15, -0.1) is 0 Å². The van der Waals surface area contributed by atoms with E-state index >= 15 is 0 Å². The molecule has 1 fully saturated rings. The number of pyridine rings is 2. The lowest BCUT2D eigenvalue weighted by molar-refractivity contribution is 0.0957. The molecule has 0 radical (unpaired) electrons.